The summed E-state index contributed by atoms with van der Waals surface area (Å²) in [4.78, 5) is 10.6. The highest BCUT2D eigenvalue weighted by atomic mass is 16.3. The second-order valence-electron chi connectivity index (χ2n) is 4.10. The van der Waals surface area contributed by atoms with Crippen LogP contribution in [0.2, 0.25) is 0 Å². The standard InChI is InChI=1S/C11H17N5O/c1-7-9(5-6-17-7)14-10-12-8(2)13-11(15-10)16(3)4/h5-6,8H,1-4H3,(H2,12,13,14,15). The minimum atomic E-state index is -0.0941. The highest BCUT2D eigenvalue weighted by molar-refractivity contribution is 6.06. The van der Waals surface area contributed by atoms with E-state index in [1.54, 1.807) is 6.26 Å². The number of aliphatic imine (C=N–C) groups is 2. The molecule has 0 saturated carbocycles. The Balaban J connectivity index is 2.11. The van der Waals surface area contributed by atoms with E-state index in [2.05, 4.69) is 20.6 Å². The molecule has 1 unspecified atom stereocenters. The summed E-state index contributed by atoms with van der Waals surface area (Å²) in [5.74, 6) is 2.30. The number of anilines is 1. The van der Waals surface area contributed by atoms with Gasteiger partial charge in [-0.25, -0.2) is 9.98 Å². The average Bonchev–Trinajstić information content (AvgIpc) is 2.63. The molecule has 1 aliphatic heterocycles. The Hall–Kier alpha value is -1.98. The smallest absolute Gasteiger partial charge is 0.204 e. The van der Waals surface area contributed by atoms with Gasteiger partial charge in [-0.05, 0) is 13.8 Å². The van der Waals surface area contributed by atoms with Crippen molar-refractivity contribution in [2.45, 2.75) is 20.0 Å². The van der Waals surface area contributed by atoms with E-state index in [9.17, 15) is 0 Å². The van der Waals surface area contributed by atoms with Crippen molar-refractivity contribution in [2.75, 3.05) is 19.4 Å². The fourth-order valence-electron chi connectivity index (χ4n) is 1.50. The molecule has 0 bridgehead atoms. The Kier molecular flexibility index (Phi) is 3.03. The maximum Gasteiger partial charge on any atom is 0.204 e. The van der Waals surface area contributed by atoms with Crippen molar-refractivity contribution in [3.05, 3.63) is 18.1 Å². The molecule has 0 aliphatic carbocycles. The molecule has 0 amide bonds. The molecule has 17 heavy (non-hydrogen) atoms. The molecular formula is C11H17N5O. The molecule has 0 radical (unpaired) electrons. The molecule has 2 N–H and O–H groups in total. The summed E-state index contributed by atoms with van der Waals surface area (Å²) in [6.07, 6.45) is 1.55. The fraction of sp³-hybridized carbons (Fsp3) is 0.455. The van der Waals surface area contributed by atoms with Crippen molar-refractivity contribution in [3.63, 3.8) is 0 Å². The van der Waals surface area contributed by atoms with Crippen molar-refractivity contribution < 1.29 is 4.42 Å². The molecule has 1 aliphatic rings. The Morgan fingerprint density at radius 3 is 2.76 bits per heavy atom. The van der Waals surface area contributed by atoms with Crippen LogP contribution in [0.5, 0.6) is 0 Å². The number of hydrogen-bond donors (Lipinski definition) is 2. The van der Waals surface area contributed by atoms with Gasteiger partial charge in [0.05, 0.1) is 12.0 Å². The van der Waals surface area contributed by atoms with Gasteiger partial charge in [-0.1, -0.05) is 0 Å². The molecule has 1 aromatic heterocycles. The van der Waals surface area contributed by atoms with Gasteiger partial charge >= 0.3 is 0 Å². The van der Waals surface area contributed by atoms with Crippen LogP contribution >= 0.6 is 0 Å². The second kappa shape index (κ2) is 4.48. The van der Waals surface area contributed by atoms with Crippen LogP contribution in [0, 0.1) is 6.92 Å². The highest BCUT2D eigenvalue weighted by Crippen LogP contribution is 2.15. The minimum absolute atomic E-state index is 0.0941. The molecule has 2 rings (SSSR count). The summed E-state index contributed by atoms with van der Waals surface area (Å²) in [5.41, 5.74) is 0.906. The predicted molar refractivity (Wildman–Crippen MR) is 68.2 cm³/mol. The van der Waals surface area contributed by atoms with E-state index in [-0.39, 0.29) is 6.17 Å². The van der Waals surface area contributed by atoms with E-state index in [1.807, 2.05) is 38.9 Å². The van der Waals surface area contributed by atoms with Gasteiger partial charge in [0.1, 0.15) is 11.9 Å². The topological polar surface area (TPSA) is 65.2 Å². The van der Waals surface area contributed by atoms with Crippen LogP contribution in [0.4, 0.5) is 5.69 Å². The van der Waals surface area contributed by atoms with Gasteiger partial charge in [0, 0.05) is 20.2 Å². The van der Waals surface area contributed by atoms with Gasteiger partial charge < -0.3 is 14.6 Å². The van der Waals surface area contributed by atoms with Crippen LogP contribution < -0.4 is 10.6 Å². The molecule has 6 heteroatoms. The number of guanidine groups is 2. The summed E-state index contributed by atoms with van der Waals surface area (Å²) in [6.45, 7) is 3.84. The van der Waals surface area contributed by atoms with Gasteiger partial charge in [-0.2, -0.15) is 0 Å². The van der Waals surface area contributed by atoms with Crippen molar-refractivity contribution in [3.8, 4) is 0 Å². The molecule has 0 aromatic carbocycles. The number of furan rings is 1. The lowest BCUT2D eigenvalue weighted by Crippen LogP contribution is -2.46. The zero-order chi connectivity index (χ0) is 12.4. The summed E-state index contributed by atoms with van der Waals surface area (Å²) in [5, 5.41) is 6.30. The van der Waals surface area contributed by atoms with Gasteiger partial charge in [0.2, 0.25) is 11.9 Å². The van der Waals surface area contributed by atoms with Crippen molar-refractivity contribution in [2.24, 2.45) is 9.98 Å². The third kappa shape index (κ3) is 2.58. The highest BCUT2D eigenvalue weighted by Gasteiger charge is 2.15. The fourth-order valence-corrected chi connectivity index (χ4v) is 1.50. The van der Waals surface area contributed by atoms with Gasteiger partial charge in [0.25, 0.3) is 0 Å². The SMILES string of the molecule is Cc1occc1NC1=NC(C)N=C(N(C)C)N1. The molecule has 92 valence electrons. The third-order valence-corrected chi connectivity index (χ3v) is 2.39. The van der Waals surface area contributed by atoms with Crippen LogP contribution in [-0.2, 0) is 0 Å². The lowest BCUT2D eigenvalue weighted by atomic mass is 10.4. The van der Waals surface area contributed by atoms with E-state index >= 15 is 0 Å². The van der Waals surface area contributed by atoms with Gasteiger partial charge in [-0.3, -0.25) is 5.32 Å². The number of hydrogen-bond acceptors (Lipinski definition) is 6. The maximum absolute atomic E-state index is 5.22. The summed E-state index contributed by atoms with van der Waals surface area (Å²) >= 11 is 0. The van der Waals surface area contributed by atoms with Crippen LogP contribution in [0.1, 0.15) is 12.7 Å². The van der Waals surface area contributed by atoms with Gasteiger partial charge in [0.15, 0.2) is 0 Å². The lowest BCUT2D eigenvalue weighted by Gasteiger charge is -2.24. The Bertz CT molecular complexity index is 460. The summed E-state index contributed by atoms with van der Waals surface area (Å²) in [7, 11) is 3.87. The van der Waals surface area contributed by atoms with Crippen LogP contribution in [-0.4, -0.2) is 37.1 Å². The number of rotatable bonds is 1. The van der Waals surface area contributed by atoms with E-state index in [4.69, 9.17) is 4.42 Å². The molecule has 0 saturated heterocycles. The lowest BCUT2D eigenvalue weighted by molar-refractivity contribution is 0.535. The van der Waals surface area contributed by atoms with E-state index in [0.29, 0.717) is 5.96 Å². The molecule has 0 fully saturated rings. The van der Waals surface area contributed by atoms with Crippen molar-refractivity contribution >= 4 is 17.6 Å². The Morgan fingerprint density at radius 2 is 2.18 bits per heavy atom. The second-order valence-corrected chi connectivity index (χ2v) is 4.10. The molecule has 2 heterocycles. The monoisotopic (exact) mass is 235 g/mol. The molecule has 0 spiro atoms. The van der Waals surface area contributed by atoms with E-state index in [0.717, 1.165) is 17.4 Å². The first-order valence-electron chi connectivity index (χ1n) is 5.47. The number of nitrogens with one attached hydrogen (secondary N) is 2. The summed E-state index contributed by atoms with van der Waals surface area (Å²) < 4.78 is 5.22. The van der Waals surface area contributed by atoms with E-state index < -0.39 is 0 Å². The summed E-state index contributed by atoms with van der Waals surface area (Å²) in [6, 6.07) is 1.87. The predicted octanol–water partition coefficient (Wildman–Crippen LogP) is 1.22. The quantitative estimate of drug-likeness (QED) is 0.768. The average molecular weight is 235 g/mol. The molecular weight excluding hydrogens is 218 g/mol. The zero-order valence-electron chi connectivity index (χ0n) is 10.5. The zero-order valence-corrected chi connectivity index (χ0v) is 10.5. The van der Waals surface area contributed by atoms with Gasteiger partial charge in [-0.15, -0.1) is 0 Å². The third-order valence-electron chi connectivity index (χ3n) is 2.39. The minimum Gasteiger partial charge on any atom is -0.467 e. The maximum atomic E-state index is 5.22. The molecule has 6 nitrogen and oxygen atoms in total. The van der Waals surface area contributed by atoms with Crippen LogP contribution in [0.3, 0.4) is 0 Å². The number of nitrogens with zero attached hydrogens (tertiary/aromatic N) is 3. The molecule has 1 aromatic rings. The Morgan fingerprint density at radius 1 is 1.41 bits per heavy atom. The first-order valence-corrected chi connectivity index (χ1v) is 5.47. The first kappa shape index (κ1) is 11.5. The first-order chi connectivity index (χ1) is 8.06. The van der Waals surface area contributed by atoms with Crippen molar-refractivity contribution in [1.82, 2.24) is 10.2 Å². The van der Waals surface area contributed by atoms with Crippen molar-refractivity contribution in [1.29, 1.82) is 0 Å². The van der Waals surface area contributed by atoms with E-state index in [1.165, 1.54) is 0 Å². The largest absolute Gasteiger partial charge is 0.467 e. The van der Waals surface area contributed by atoms with Crippen LogP contribution in [0.15, 0.2) is 26.7 Å². The normalized spacial score (nSPS) is 19.2. The van der Waals surface area contributed by atoms with Crippen LogP contribution in [0.25, 0.3) is 0 Å². The Labute approximate surface area is 100 Å². The molecule has 1 atom stereocenters. The number of aryl methyl sites for hydroxylation is 1.